The number of carbonyl (C=O) groups excluding carboxylic acids is 1. The molecule has 0 radical (unpaired) electrons. The van der Waals surface area contributed by atoms with Gasteiger partial charge in [-0.25, -0.2) is 0 Å². The zero-order valence-electron chi connectivity index (χ0n) is 14.0. The molecule has 1 aromatic carbocycles. The van der Waals surface area contributed by atoms with Crippen LogP contribution in [0.5, 0.6) is 0 Å². The summed E-state index contributed by atoms with van der Waals surface area (Å²) < 4.78 is 6.00. The fraction of sp³-hybridized carbons (Fsp3) is 0.250. The van der Waals surface area contributed by atoms with Gasteiger partial charge in [0.25, 0.3) is 5.91 Å². The van der Waals surface area contributed by atoms with E-state index in [0.29, 0.717) is 10.8 Å². The van der Waals surface area contributed by atoms with Crippen molar-refractivity contribution in [1.82, 2.24) is 5.32 Å². The summed E-state index contributed by atoms with van der Waals surface area (Å²) in [5.41, 5.74) is 2.99. The summed E-state index contributed by atoms with van der Waals surface area (Å²) in [4.78, 5) is 14.1. The van der Waals surface area contributed by atoms with E-state index in [1.807, 2.05) is 36.4 Å². The SMILES string of the molecule is O=C1N[C@H](c2ccc(-c3cccc(Cl)c3)o2)Nc2sc3c(c21)CCCC3. The Balaban J connectivity index is 1.46. The highest BCUT2D eigenvalue weighted by atomic mass is 35.5. The van der Waals surface area contributed by atoms with Gasteiger partial charge in [0.05, 0.1) is 5.56 Å². The third-order valence-electron chi connectivity index (χ3n) is 4.97. The van der Waals surface area contributed by atoms with Gasteiger partial charge in [0, 0.05) is 15.5 Å². The van der Waals surface area contributed by atoms with Crippen LogP contribution >= 0.6 is 22.9 Å². The summed E-state index contributed by atoms with van der Waals surface area (Å²) in [6.45, 7) is 0. The number of benzene rings is 1. The van der Waals surface area contributed by atoms with Crippen molar-refractivity contribution in [2.75, 3.05) is 5.32 Å². The predicted octanol–water partition coefficient (Wildman–Crippen LogP) is 5.39. The molecular formula is C20H17ClN2O2S. The second kappa shape index (κ2) is 6.18. The topological polar surface area (TPSA) is 54.3 Å². The summed E-state index contributed by atoms with van der Waals surface area (Å²) >= 11 is 7.78. The third kappa shape index (κ3) is 2.63. The number of carbonyl (C=O) groups is 1. The number of fused-ring (bicyclic) bond motifs is 3. The molecule has 1 amide bonds. The number of anilines is 1. The maximum atomic E-state index is 12.7. The summed E-state index contributed by atoms with van der Waals surface area (Å²) in [6, 6.07) is 11.3. The standard InChI is InChI=1S/C20H17ClN2O2S/c21-12-5-3-4-11(10-12)14-8-9-15(25-14)18-22-19(24)17-13-6-1-2-7-16(13)26-20(17)23-18/h3-5,8-10,18,23H,1-2,6-7H2,(H,22,24)/t18-/m0/s1. The molecule has 2 N–H and O–H groups in total. The number of aryl methyl sites for hydroxylation is 1. The Labute approximate surface area is 160 Å². The average molecular weight is 385 g/mol. The molecule has 0 saturated heterocycles. The molecule has 5 rings (SSSR count). The van der Waals surface area contributed by atoms with E-state index in [1.54, 1.807) is 11.3 Å². The fourth-order valence-corrected chi connectivity index (χ4v) is 5.23. The molecule has 1 aliphatic heterocycles. The van der Waals surface area contributed by atoms with Crippen LogP contribution in [0, 0.1) is 0 Å². The van der Waals surface area contributed by atoms with Gasteiger partial charge in [0.1, 0.15) is 16.5 Å². The van der Waals surface area contributed by atoms with E-state index in [0.717, 1.165) is 41.2 Å². The first-order valence-corrected chi connectivity index (χ1v) is 9.96. The molecule has 1 aliphatic carbocycles. The van der Waals surface area contributed by atoms with Gasteiger partial charge < -0.3 is 15.1 Å². The lowest BCUT2D eigenvalue weighted by Crippen LogP contribution is -2.38. The van der Waals surface area contributed by atoms with E-state index in [-0.39, 0.29) is 12.1 Å². The Morgan fingerprint density at radius 3 is 2.88 bits per heavy atom. The maximum Gasteiger partial charge on any atom is 0.256 e. The van der Waals surface area contributed by atoms with Crippen molar-refractivity contribution in [3.8, 4) is 11.3 Å². The minimum Gasteiger partial charge on any atom is -0.457 e. The number of hydrogen-bond donors (Lipinski definition) is 2. The monoisotopic (exact) mass is 384 g/mol. The molecule has 1 atom stereocenters. The molecule has 2 aromatic heterocycles. The van der Waals surface area contributed by atoms with Gasteiger partial charge in [-0.05, 0) is 55.5 Å². The predicted molar refractivity (Wildman–Crippen MR) is 104 cm³/mol. The number of furan rings is 1. The number of hydrogen-bond acceptors (Lipinski definition) is 4. The van der Waals surface area contributed by atoms with Crippen molar-refractivity contribution in [2.24, 2.45) is 0 Å². The summed E-state index contributed by atoms with van der Waals surface area (Å²) in [5.74, 6) is 1.41. The largest absolute Gasteiger partial charge is 0.457 e. The highest BCUT2D eigenvalue weighted by molar-refractivity contribution is 7.16. The normalized spacial score (nSPS) is 18.7. The molecule has 0 fully saturated rings. The molecule has 6 heteroatoms. The van der Waals surface area contributed by atoms with Crippen LogP contribution in [0.25, 0.3) is 11.3 Å². The molecule has 0 unspecified atom stereocenters. The van der Waals surface area contributed by atoms with E-state index >= 15 is 0 Å². The second-order valence-corrected chi connectivity index (χ2v) is 8.22. The van der Waals surface area contributed by atoms with Crippen molar-refractivity contribution < 1.29 is 9.21 Å². The van der Waals surface area contributed by atoms with Gasteiger partial charge in [-0.1, -0.05) is 23.7 Å². The van der Waals surface area contributed by atoms with Crippen LogP contribution in [0.4, 0.5) is 5.00 Å². The molecule has 0 saturated carbocycles. The van der Waals surface area contributed by atoms with Crippen molar-refractivity contribution in [1.29, 1.82) is 0 Å². The minimum atomic E-state index is -0.358. The van der Waals surface area contributed by atoms with E-state index in [2.05, 4.69) is 10.6 Å². The molecule has 3 aromatic rings. The van der Waals surface area contributed by atoms with Gasteiger partial charge in [0.15, 0.2) is 6.17 Å². The maximum absolute atomic E-state index is 12.7. The van der Waals surface area contributed by atoms with Crippen LogP contribution in [0.2, 0.25) is 5.02 Å². The lowest BCUT2D eigenvalue weighted by Gasteiger charge is -2.25. The van der Waals surface area contributed by atoms with Crippen LogP contribution in [-0.2, 0) is 12.8 Å². The zero-order chi connectivity index (χ0) is 17.7. The minimum absolute atomic E-state index is 0.0103. The summed E-state index contributed by atoms with van der Waals surface area (Å²) in [5, 5.41) is 8.11. The first-order valence-electron chi connectivity index (χ1n) is 8.76. The van der Waals surface area contributed by atoms with Crippen LogP contribution in [0.15, 0.2) is 40.8 Å². The Kier molecular flexibility index (Phi) is 3.80. The van der Waals surface area contributed by atoms with E-state index < -0.39 is 0 Å². The van der Waals surface area contributed by atoms with E-state index in [1.165, 1.54) is 16.9 Å². The Bertz CT molecular complexity index is 1010. The highest BCUT2D eigenvalue weighted by Gasteiger charge is 2.33. The van der Waals surface area contributed by atoms with Crippen LogP contribution in [-0.4, -0.2) is 5.91 Å². The van der Waals surface area contributed by atoms with Gasteiger partial charge in [-0.2, -0.15) is 0 Å². The average Bonchev–Trinajstić information content (AvgIpc) is 3.26. The van der Waals surface area contributed by atoms with E-state index in [4.69, 9.17) is 16.0 Å². The zero-order valence-corrected chi connectivity index (χ0v) is 15.5. The second-order valence-electron chi connectivity index (χ2n) is 6.68. The van der Waals surface area contributed by atoms with Gasteiger partial charge in [-0.3, -0.25) is 4.79 Å². The molecule has 2 aliphatic rings. The summed E-state index contributed by atoms with van der Waals surface area (Å²) in [7, 11) is 0. The highest BCUT2D eigenvalue weighted by Crippen LogP contribution is 2.41. The van der Waals surface area contributed by atoms with Crippen molar-refractivity contribution in [3.05, 3.63) is 63.2 Å². The fourth-order valence-electron chi connectivity index (χ4n) is 3.73. The van der Waals surface area contributed by atoms with Crippen LogP contribution in [0.1, 0.15) is 45.6 Å². The van der Waals surface area contributed by atoms with Gasteiger partial charge in [0.2, 0.25) is 0 Å². The Hall–Kier alpha value is -2.24. The summed E-state index contributed by atoms with van der Waals surface area (Å²) in [6.07, 6.45) is 4.09. The number of amides is 1. The molecule has 0 bridgehead atoms. The van der Waals surface area contributed by atoms with Crippen molar-refractivity contribution in [2.45, 2.75) is 31.8 Å². The molecule has 4 nitrogen and oxygen atoms in total. The molecule has 3 heterocycles. The molecule has 0 spiro atoms. The van der Waals surface area contributed by atoms with Crippen molar-refractivity contribution >= 4 is 33.8 Å². The molecular weight excluding hydrogens is 368 g/mol. The van der Waals surface area contributed by atoms with Gasteiger partial charge in [-0.15, -0.1) is 11.3 Å². The molecule has 132 valence electrons. The Morgan fingerprint density at radius 1 is 1.12 bits per heavy atom. The number of nitrogens with one attached hydrogen (secondary N) is 2. The van der Waals surface area contributed by atoms with Gasteiger partial charge >= 0.3 is 0 Å². The smallest absolute Gasteiger partial charge is 0.256 e. The van der Waals surface area contributed by atoms with E-state index in [9.17, 15) is 4.79 Å². The lowest BCUT2D eigenvalue weighted by molar-refractivity contribution is 0.0930. The Morgan fingerprint density at radius 2 is 2.00 bits per heavy atom. The first kappa shape index (κ1) is 16.0. The van der Waals surface area contributed by atoms with Crippen LogP contribution < -0.4 is 10.6 Å². The lowest BCUT2D eigenvalue weighted by atomic mass is 9.94. The molecule has 26 heavy (non-hydrogen) atoms. The quantitative estimate of drug-likeness (QED) is 0.622. The van der Waals surface area contributed by atoms with Crippen molar-refractivity contribution in [3.63, 3.8) is 0 Å². The van der Waals surface area contributed by atoms with Crippen LogP contribution in [0.3, 0.4) is 0 Å². The third-order valence-corrected chi connectivity index (χ3v) is 6.43. The number of halogens is 1. The number of rotatable bonds is 2. The first-order chi connectivity index (χ1) is 12.7. The number of thiophene rings is 1.